The zero-order valence-corrected chi connectivity index (χ0v) is 98.9. The van der Waals surface area contributed by atoms with Gasteiger partial charge in [0.05, 0.1) is 74.8 Å². The monoisotopic (exact) mass is 2020 g/mol. The Morgan fingerprint density at radius 3 is 1.39 bits per heavy atom. The van der Waals surface area contributed by atoms with Crippen molar-refractivity contribution in [3.8, 4) is 18.1 Å². The van der Waals surface area contributed by atoms with Gasteiger partial charge in [0.2, 0.25) is 0 Å². The molecule has 3 saturated heterocycles. The second kappa shape index (κ2) is 82.2. The van der Waals surface area contributed by atoms with E-state index in [1.165, 1.54) is 170 Å². The molecule has 3 aliphatic rings. The van der Waals surface area contributed by atoms with Crippen LogP contribution in [0.2, 0.25) is 0 Å². The molecular weight excluding hydrogens is 1810 g/mol. The van der Waals surface area contributed by atoms with Gasteiger partial charge in [0.1, 0.15) is 5.75 Å². The van der Waals surface area contributed by atoms with E-state index in [4.69, 9.17) is 44.3 Å². The third-order valence-corrected chi connectivity index (χ3v) is 27.7. The summed E-state index contributed by atoms with van der Waals surface area (Å²) in [6, 6.07) is 17.4. The summed E-state index contributed by atoms with van der Waals surface area (Å²) in [6.07, 6.45) is 73.2. The number of benzene rings is 2. The lowest BCUT2D eigenvalue weighted by molar-refractivity contribution is -0.141. The van der Waals surface area contributed by atoms with Crippen LogP contribution in [0.25, 0.3) is 0 Å². The van der Waals surface area contributed by atoms with Crippen molar-refractivity contribution >= 4 is 29.8 Å². The highest BCUT2D eigenvalue weighted by Gasteiger charge is 2.50. The number of epoxide rings is 3. The molecule has 12 unspecified atom stereocenters. The molecule has 2 aromatic carbocycles. The van der Waals surface area contributed by atoms with Gasteiger partial charge in [-0.15, -0.1) is 6.42 Å². The molecule has 0 aromatic heterocycles. The number of hydrogen-bond donors (Lipinski definition) is 1. The second-order valence-corrected chi connectivity index (χ2v) is 44.6. The third kappa shape index (κ3) is 79.1. The summed E-state index contributed by atoms with van der Waals surface area (Å²) in [6.45, 7) is 67.1. The average Bonchev–Trinajstić information content (AvgIpc) is 1.63. The molecule has 5 rings (SSSR count). The van der Waals surface area contributed by atoms with Gasteiger partial charge in [-0.1, -0.05) is 300 Å². The van der Waals surface area contributed by atoms with Crippen LogP contribution in [-0.2, 0) is 79.4 Å². The molecule has 0 aliphatic carbocycles. The lowest BCUT2D eigenvalue weighted by Gasteiger charge is -2.23. The van der Waals surface area contributed by atoms with Gasteiger partial charge in [-0.25, -0.2) is 24.0 Å². The van der Waals surface area contributed by atoms with Crippen LogP contribution in [0.3, 0.4) is 0 Å². The number of aliphatic hydroxyl groups is 1. The molecule has 3 fully saturated rings. The maximum atomic E-state index is 11.5. The highest BCUT2D eigenvalue weighted by molar-refractivity contribution is 5.85. The topological polar surface area (TPSA) is 208 Å². The lowest BCUT2D eigenvalue weighted by Crippen LogP contribution is -2.22. The minimum absolute atomic E-state index is 0.0334. The Morgan fingerprint density at radius 1 is 0.503 bits per heavy atom. The molecule has 0 spiro atoms. The van der Waals surface area contributed by atoms with Gasteiger partial charge in [-0.05, 0) is 352 Å². The van der Waals surface area contributed by atoms with Crippen LogP contribution in [-0.4, -0.2) is 130 Å². The molecule has 0 saturated carbocycles. The number of terminal acetylenes is 1. The Kier molecular flexibility index (Phi) is 79.0. The van der Waals surface area contributed by atoms with E-state index in [9.17, 15) is 29.1 Å². The maximum Gasteiger partial charge on any atom is 0.332 e. The number of allylic oxidation sites excluding steroid dienone is 15. The van der Waals surface area contributed by atoms with E-state index in [-0.39, 0.29) is 64.8 Å². The smallest absolute Gasteiger partial charge is 0.332 e. The molecule has 3 aliphatic heterocycles. The number of methoxy groups -OCH3 is 3. The maximum absolute atomic E-state index is 11.5. The molecule has 3 heterocycles. The number of carbonyl (C=O) groups is 5. The number of hydrogen-bond acceptors (Lipinski definition) is 16. The Hall–Kier alpha value is -7.65. The Bertz CT molecular complexity index is 4130. The number of ether oxygens (including phenoxy) is 10. The van der Waals surface area contributed by atoms with Crippen LogP contribution >= 0.6 is 0 Å². The minimum atomic E-state index is -0.480. The number of aryl methyl sites for hydroxylation is 3. The first-order valence-corrected chi connectivity index (χ1v) is 56.3. The fourth-order valence-electron chi connectivity index (χ4n) is 16.4. The molecule has 1 N–H and O–H groups in total. The van der Waals surface area contributed by atoms with Gasteiger partial charge in [-0.3, -0.25) is 0 Å². The molecular formula is C129H216O16. The number of aliphatic hydroxyl groups excluding tert-OH is 1. The average molecular weight is 2020 g/mol. The largest absolute Gasteiger partial charge is 0.494 e. The van der Waals surface area contributed by atoms with E-state index in [1.807, 2.05) is 80.7 Å². The van der Waals surface area contributed by atoms with Crippen molar-refractivity contribution in [3.05, 3.63) is 183 Å². The second-order valence-electron chi connectivity index (χ2n) is 44.6. The van der Waals surface area contributed by atoms with Crippen molar-refractivity contribution in [2.24, 2.45) is 46.8 Å². The van der Waals surface area contributed by atoms with Crippen LogP contribution in [0.15, 0.2) is 167 Å². The highest BCUT2D eigenvalue weighted by atomic mass is 16.6. The minimum Gasteiger partial charge on any atom is -0.494 e. The third-order valence-electron chi connectivity index (χ3n) is 27.7. The fraction of sp³-hybridized carbons (Fsp3) is 0.698. The molecule has 0 bridgehead atoms. The molecule has 12 atom stereocenters. The van der Waals surface area contributed by atoms with Crippen molar-refractivity contribution in [1.29, 1.82) is 0 Å². The molecule has 828 valence electrons. The van der Waals surface area contributed by atoms with Gasteiger partial charge in [0.15, 0.2) is 6.10 Å². The molecule has 0 radical (unpaired) electrons. The van der Waals surface area contributed by atoms with E-state index in [2.05, 4.69) is 247 Å². The van der Waals surface area contributed by atoms with E-state index in [0.717, 1.165) is 179 Å². The highest BCUT2D eigenvalue weighted by Crippen LogP contribution is 2.44. The standard InChI is InChI=1S/C20H32O2.C19H32O3.C19H34O3.C19H30O2.C19H32O.C17H30O2.C16H26O3/c1-5-16-8-11-18(12-9-16)21-15-14-17(6-2)10-13-19-20(4,7-3)22-19;1-6-16(11-8-10-15(3)14-18(20)21-5)12-9-13-17-19(4,7-2)22-17;1-15(2)22-18(21)13-17(4)10-7-9-16(3)11-8-12-19(5,6)14-20;1-7-18(6)21-19(20)14-17(5)13-9-12-16(4)11-8-10-15(2)3;1-16(9-7-15-19(3,4)20-5)8-6-10-18-13-11-17(2)12-14-18;1-6-19-17(18)13-16(5)12-8-11-15(4)10-7-9-14(2)3;1-12(8-6-10-15-14(3)19-15)7-5-9-13(2)11-16(17)18-4/h8-9,11-12,17,19H,5-7,10,13-15H2,1-4H3;11,14,17H,6-10,12-13H2,1-5H3;7,10,13,15-16,20H,8-9,11-12,14H2,1-6H3;1,9,13-16,18H,8,10-12H2,2-6H3;11-14,16H,6-10,15H2,1-5H3;8,12-15H,6-7,9-11H2,1-5H3;7,11,14-15H,5-6,8-10H2,1-4H3/b;15-14+,16-11+;10-7+,17-13+;13-9+,17-14+;;12-8+,16-13+;12-7+,13-11+. The molecule has 145 heavy (non-hydrogen) atoms. The summed E-state index contributed by atoms with van der Waals surface area (Å²) in [5, 5.41) is 9.23. The summed E-state index contributed by atoms with van der Waals surface area (Å²) >= 11 is 0. The number of rotatable bonds is 65. The Balaban J connectivity index is 0. The SMILES string of the molecule is C#CC(C)OC(=O)/C=C(C)/C=C/CC(C)CCCC(C)C.CC(/C=C/CC(C)CCCC(C)(C)CO)=C\C(=O)OC(C)C.CC/C(=C\CC/C(C)=C/C(=O)OC)CCCC1OC1(C)CC.CCOC(=O)/C=C(C)/C=C/CC(C)CCCC(C)C.CCc1ccc(OCCC(CC)CCC2OC2(C)CC)cc1.COC(=O)/C=C(\C)CC/C=C(\C)CCCC1OC1C.COC(C)(C)CCCC(C)CCCc1ccc(C)cc1. The van der Waals surface area contributed by atoms with Crippen molar-refractivity contribution < 1.29 is 76.4 Å². The molecule has 16 nitrogen and oxygen atoms in total. The molecule has 0 amide bonds. The van der Waals surface area contributed by atoms with Gasteiger partial charge < -0.3 is 52.5 Å². The van der Waals surface area contributed by atoms with E-state index in [0.29, 0.717) is 48.8 Å². The van der Waals surface area contributed by atoms with Crippen LogP contribution < -0.4 is 4.74 Å². The van der Waals surface area contributed by atoms with Gasteiger partial charge in [0.25, 0.3) is 0 Å². The summed E-state index contributed by atoms with van der Waals surface area (Å²) in [5.74, 6) is 7.09. The van der Waals surface area contributed by atoms with E-state index < -0.39 is 6.10 Å². The zero-order chi connectivity index (χ0) is 110. The first kappa shape index (κ1) is 139. The fourth-order valence-corrected chi connectivity index (χ4v) is 16.4. The van der Waals surface area contributed by atoms with Crippen molar-refractivity contribution in [1.82, 2.24) is 0 Å². The van der Waals surface area contributed by atoms with E-state index in [1.54, 1.807) is 25.2 Å². The first-order chi connectivity index (χ1) is 68.5. The van der Waals surface area contributed by atoms with Gasteiger partial charge >= 0.3 is 29.8 Å². The van der Waals surface area contributed by atoms with Crippen molar-refractivity contribution in [3.63, 3.8) is 0 Å². The summed E-state index contributed by atoms with van der Waals surface area (Å²) in [7, 11) is 4.62. The number of esters is 5. The van der Waals surface area contributed by atoms with Crippen molar-refractivity contribution in [2.75, 3.05) is 41.2 Å². The zero-order valence-electron chi connectivity index (χ0n) is 98.9. The Morgan fingerprint density at radius 2 is 0.959 bits per heavy atom. The quantitative estimate of drug-likeness (QED) is 0.0124. The van der Waals surface area contributed by atoms with Crippen LogP contribution in [0.4, 0.5) is 0 Å². The van der Waals surface area contributed by atoms with Crippen LogP contribution in [0, 0.1) is 66.1 Å². The normalized spacial score (nSPS) is 18.8. The van der Waals surface area contributed by atoms with E-state index >= 15 is 0 Å². The first-order valence-electron chi connectivity index (χ1n) is 56.3. The van der Waals surface area contributed by atoms with Crippen LogP contribution in [0.5, 0.6) is 5.75 Å². The predicted octanol–water partition coefficient (Wildman–Crippen LogP) is 34.2. The predicted molar refractivity (Wildman–Crippen MR) is 613 cm³/mol. The lowest BCUT2D eigenvalue weighted by atomic mass is 9.86. The van der Waals surface area contributed by atoms with Gasteiger partial charge in [0, 0.05) is 44.1 Å². The summed E-state index contributed by atoms with van der Waals surface area (Å²) in [4.78, 5) is 56.4. The molecule has 2 aromatic rings. The van der Waals surface area contributed by atoms with Crippen molar-refractivity contribution in [2.45, 2.75) is 499 Å². The summed E-state index contributed by atoms with van der Waals surface area (Å²) < 4.78 is 52.5. The van der Waals surface area contributed by atoms with Crippen LogP contribution in [0.1, 0.15) is 443 Å². The summed E-state index contributed by atoms with van der Waals surface area (Å²) in [5.41, 5.74) is 12.4. The molecule has 16 heteroatoms. The number of carbonyl (C=O) groups excluding carboxylic acids is 5. The Labute approximate surface area is 889 Å². The van der Waals surface area contributed by atoms with Gasteiger partial charge in [-0.2, -0.15) is 0 Å².